The molecule has 0 saturated heterocycles. The van der Waals surface area contributed by atoms with Gasteiger partial charge in [-0.2, -0.15) is 0 Å². The second-order valence-corrected chi connectivity index (χ2v) is 5.81. The molecular weight excluding hydrogens is 324 g/mol. The molecule has 1 atom stereocenters. The minimum Gasteiger partial charge on any atom is -0.497 e. The van der Waals surface area contributed by atoms with Gasteiger partial charge in [0.05, 0.1) is 13.2 Å². The third kappa shape index (κ3) is 3.71. The fourth-order valence-electron chi connectivity index (χ4n) is 2.56. The average Bonchev–Trinajstić information content (AvgIpc) is 3.07. The van der Waals surface area contributed by atoms with Crippen LogP contribution in [0.1, 0.15) is 24.9 Å². The Balaban J connectivity index is 1.63. The molecule has 0 amide bonds. The molecule has 6 heteroatoms. The molecule has 2 N–H and O–H groups in total. The quantitative estimate of drug-likeness (QED) is 0.803. The monoisotopic (exact) mass is 344 g/mol. The standard InChI is InChI=1S/C18H20N2O3S/c1-3-15(12-4-7-14(21-2)8-5-12)20-18(24)19-13-6-9-16-17(10-13)23-11-22-16/h4-10,15H,3,11H2,1-2H3,(H2,19,20,24)/t15-/m0/s1. The van der Waals surface area contributed by atoms with Crippen molar-refractivity contribution in [1.29, 1.82) is 0 Å². The van der Waals surface area contributed by atoms with E-state index < -0.39 is 0 Å². The van der Waals surface area contributed by atoms with Gasteiger partial charge in [0.15, 0.2) is 16.6 Å². The lowest BCUT2D eigenvalue weighted by Gasteiger charge is -2.20. The van der Waals surface area contributed by atoms with Crippen LogP contribution in [0.25, 0.3) is 0 Å². The number of nitrogens with one attached hydrogen (secondary N) is 2. The van der Waals surface area contributed by atoms with Crippen molar-refractivity contribution >= 4 is 23.0 Å². The van der Waals surface area contributed by atoms with Crippen LogP contribution in [0.4, 0.5) is 5.69 Å². The molecule has 1 heterocycles. The largest absolute Gasteiger partial charge is 0.497 e. The molecule has 0 bridgehead atoms. The fraction of sp³-hybridized carbons (Fsp3) is 0.278. The Kier molecular flexibility index (Phi) is 5.05. The van der Waals surface area contributed by atoms with Gasteiger partial charge in [-0.1, -0.05) is 19.1 Å². The summed E-state index contributed by atoms with van der Waals surface area (Å²) < 4.78 is 15.9. The van der Waals surface area contributed by atoms with Gasteiger partial charge in [-0.25, -0.2) is 0 Å². The first kappa shape index (κ1) is 16.4. The van der Waals surface area contributed by atoms with E-state index in [-0.39, 0.29) is 12.8 Å². The van der Waals surface area contributed by atoms with Crippen molar-refractivity contribution in [1.82, 2.24) is 5.32 Å². The maximum absolute atomic E-state index is 5.44. The molecule has 0 aliphatic carbocycles. The molecule has 3 rings (SSSR count). The van der Waals surface area contributed by atoms with Crippen LogP contribution >= 0.6 is 12.2 Å². The Bertz CT molecular complexity index is 719. The van der Waals surface area contributed by atoms with Crippen molar-refractivity contribution in [2.24, 2.45) is 0 Å². The zero-order valence-electron chi connectivity index (χ0n) is 13.7. The zero-order valence-corrected chi connectivity index (χ0v) is 14.5. The molecule has 5 nitrogen and oxygen atoms in total. The molecule has 0 unspecified atom stereocenters. The summed E-state index contributed by atoms with van der Waals surface area (Å²) in [7, 11) is 1.66. The summed E-state index contributed by atoms with van der Waals surface area (Å²) in [5.41, 5.74) is 2.02. The van der Waals surface area contributed by atoms with Crippen molar-refractivity contribution in [3.8, 4) is 17.2 Å². The van der Waals surface area contributed by atoms with Gasteiger partial charge in [-0.15, -0.1) is 0 Å². The average molecular weight is 344 g/mol. The highest BCUT2D eigenvalue weighted by Crippen LogP contribution is 2.34. The second-order valence-electron chi connectivity index (χ2n) is 5.40. The number of benzene rings is 2. The Morgan fingerprint density at radius 2 is 1.92 bits per heavy atom. The molecule has 1 aliphatic heterocycles. The van der Waals surface area contributed by atoms with Crippen LogP contribution in [0.15, 0.2) is 42.5 Å². The van der Waals surface area contributed by atoms with Gasteiger partial charge < -0.3 is 24.8 Å². The van der Waals surface area contributed by atoms with E-state index >= 15 is 0 Å². The van der Waals surface area contributed by atoms with Crippen LogP contribution in [0.2, 0.25) is 0 Å². The highest BCUT2D eigenvalue weighted by Gasteiger charge is 2.15. The second kappa shape index (κ2) is 7.40. The van der Waals surface area contributed by atoms with Crippen LogP contribution in [-0.4, -0.2) is 19.0 Å². The maximum Gasteiger partial charge on any atom is 0.231 e. The van der Waals surface area contributed by atoms with E-state index in [1.165, 1.54) is 0 Å². The van der Waals surface area contributed by atoms with Crippen molar-refractivity contribution in [2.75, 3.05) is 19.2 Å². The summed E-state index contributed by atoms with van der Waals surface area (Å²) in [6.45, 7) is 2.38. The minimum atomic E-state index is 0.130. The van der Waals surface area contributed by atoms with Crippen LogP contribution in [-0.2, 0) is 0 Å². The van der Waals surface area contributed by atoms with Crippen LogP contribution in [0, 0.1) is 0 Å². The summed E-state index contributed by atoms with van der Waals surface area (Å²) in [6.07, 6.45) is 0.912. The van der Waals surface area contributed by atoms with Gasteiger partial charge in [0.2, 0.25) is 6.79 Å². The lowest BCUT2D eigenvalue weighted by Crippen LogP contribution is -2.32. The SMILES string of the molecule is CC[C@H](NC(=S)Nc1ccc2c(c1)OCO2)c1ccc(OC)cc1. The number of hydrogen-bond acceptors (Lipinski definition) is 4. The molecule has 2 aromatic carbocycles. The van der Waals surface area contributed by atoms with E-state index in [1.807, 2.05) is 42.5 Å². The number of rotatable bonds is 5. The highest BCUT2D eigenvalue weighted by molar-refractivity contribution is 7.80. The molecule has 0 radical (unpaired) electrons. The molecule has 24 heavy (non-hydrogen) atoms. The Hall–Kier alpha value is -2.47. The molecule has 2 aromatic rings. The smallest absolute Gasteiger partial charge is 0.231 e. The zero-order chi connectivity index (χ0) is 16.9. The van der Waals surface area contributed by atoms with Crippen LogP contribution in [0.3, 0.4) is 0 Å². The molecule has 0 saturated carbocycles. The summed E-state index contributed by atoms with van der Waals surface area (Å²) in [5.74, 6) is 2.32. The number of hydrogen-bond donors (Lipinski definition) is 2. The van der Waals surface area contributed by atoms with E-state index in [1.54, 1.807) is 7.11 Å². The summed E-state index contributed by atoms with van der Waals surface area (Å²) in [4.78, 5) is 0. The third-order valence-electron chi connectivity index (χ3n) is 3.86. The van der Waals surface area contributed by atoms with E-state index in [0.29, 0.717) is 5.11 Å². The summed E-state index contributed by atoms with van der Waals surface area (Å²) >= 11 is 5.44. The first-order valence-corrected chi connectivity index (χ1v) is 8.21. The molecule has 0 spiro atoms. The van der Waals surface area contributed by atoms with E-state index in [9.17, 15) is 0 Å². The predicted octanol–water partition coefficient (Wildman–Crippen LogP) is 3.86. The fourth-order valence-corrected chi connectivity index (χ4v) is 2.82. The van der Waals surface area contributed by atoms with E-state index in [2.05, 4.69) is 17.6 Å². The number of fused-ring (bicyclic) bond motifs is 1. The number of anilines is 1. The molecule has 0 fully saturated rings. The third-order valence-corrected chi connectivity index (χ3v) is 4.08. The van der Waals surface area contributed by atoms with E-state index in [4.69, 9.17) is 26.4 Å². The lowest BCUT2D eigenvalue weighted by molar-refractivity contribution is 0.174. The van der Waals surface area contributed by atoms with Gasteiger partial charge in [0.25, 0.3) is 0 Å². The van der Waals surface area contributed by atoms with Crippen LogP contribution < -0.4 is 24.8 Å². The minimum absolute atomic E-state index is 0.130. The molecular formula is C18H20N2O3S. The van der Waals surface area contributed by atoms with Gasteiger partial charge in [-0.05, 0) is 48.5 Å². The predicted molar refractivity (Wildman–Crippen MR) is 97.9 cm³/mol. The van der Waals surface area contributed by atoms with Crippen LogP contribution in [0.5, 0.6) is 17.2 Å². The highest BCUT2D eigenvalue weighted by atomic mass is 32.1. The lowest BCUT2D eigenvalue weighted by atomic mass is 10.0. The van der Waals surface area contributed by atoms with Gasteiger partial charge in [0, 0.05) is 11.8 Å². The summed E-state index contributed by atoms with van der Waals surface area (Å²) in [5, 5.41) is 7.10. The van der Waals surface area contributed by atoms with Gasteiger partial charge in [-0.3, -0.25) is 0 Å². The Morgan fingerprint density at radius 1 is 1.17 bits per heavy atom. The van der Waals surface area contributed by atoms with Gasteiger partial charge >= 0.3 is 0 Å². The molecule has 0 aromatic heterocycles. The topological polar surface area (TPSA) is 51.8 Å². The number of ether oxygens (including phenoxy) is 3. The summed E-state index contributed by atoms with van der Waals surface area (Å²) in [6, 6.07) is 13.8. The Morgan fingerprint density at radius 3 is 2.62 bits per heavy atom. The number of thiocarbonyl (C=S) groups is 1. The number of methoxy groups -OCH3 is 1. The molecule has 126 valence electrons. The normalized spacial score (nSPS) is 13.2. The Labute approximate surface area is 146 Å². The molecule has 1 aliphatic rings. The first-order valence-electron chi connectivity index (χ1n) is 7.80. The van der Waals surface area contributed by atoms with Crippen molar-refractivity contribution in [2.45, 2.75) is 19.4 Å². The van der Waals surface area contributed by atoms with Crippen molar-refractivity contribution < 1.29 is 14.2 Å². The van der Waals surface area contributed by atoms with E-state index in [0.717, 1.165) is 34.9 Å². The van der Waals surface area contributed by atoms with Crippen molar-refractivity contribution in [3.63, 3.8) is 0 Å². The van der Waals surface area contributed by atoms with Crippen molar-refractivity contribution in [3.05, 3.63) is 48.0 Å². The first-order chi connectivity index (χ1) is 11.7. The maximum atomic E-state index is 5.44. The van der Waals surface area contributed by atoms with Gasteiger partial charge in [0.1, 0.15) is 5.75 Å².